The number of hydrogen-bond donors (Lipinski definition) is 1. The van der Waals surface area contributed by atoms with E-state index in [-0.39, 0.29) is 0 Å². The van der Waals surface area contributed by atoms with E-state index in [0.29, 0.717) is 6.04 Å². The van der Waals surface area contributed by atoms with Crippen LogP contribution in [0.1, 0.15) is 39.3 Å². The average molecular weight is 264 g/mol. The molecule has 0 aliphatic carbocycles. The quantitative estimate of drug-likeness (QED) is 0.742. The molecule has 0 aliphatic rings. The second-order valence-corrected chi connectivity index (χ2v) is 4.73. The van der Waals surface area contributed by atoms with Gasteiger partial charge in [-0.3, -0.25) is 0 Å². The largest absolute Gasteiger partial charge is 0.492 e. The normalized spacial score (nSPS) is 12.7. The topological polar surface area (TPSA) is 24.5 Å². The smallest absolute Gasteiger partial charge is 0.119 e. The number of nitrogens with one attached hydrogen (secondary N) is 1. The molecule has 0 aliphatic heterocycles. The lowest BCUT2D eigenvalue weighted by Gasteiger charge is -2.18. The third-order valence-electron chi connectivity index (χ3n) is 3.44. The molecule has 1 unspecified atom stereocenters. The highest BCUT2D eigenvalue weighted by molar-refractivity contribution is 5.30. The maximum atomic E-state index is 5.84. The zero-order chi connectivity index (χ0) is 14.1. The van der Waals surface area contributed by atoms with E-state index in [0.717, 1.165) is 38.5 Å². The average Bonchev–Trinajstić information content (AvgIpc) is 2.44. The number of benzene rings is 1. The highest BCUT2D eigenvalue weighted by Crippen LogP contribution is 2.18. The summed E-state index contributed by atoms with van der Waals surface area (Å²) in [5, 5.41) is 3.42. The van der Waals surface area contributed by atoms with Crippen molar-refractivity contribution in [2.24, 2.45) is 0 Å². The molecule has 0 radical (unpaired) electrons. The van der Waals surface area contributed by atoms with Gasteiger partial charge in [0.2, 0.25) is 0 Å². The van der Waals surface area contributed by atoms with Gasteiger partial charge in [0.1, 0.15) is 12.4 Å². The first-order valence-electron chi connectivity index (χ1n) is 7.39. The van der Waals surface area contributed by atoms with Crippen LogP contribution in [0.15, 0.2) is 24.3 Å². The van der Waals surface area contributed by atoms with Gasteiger partial charge >= 0.3 is 0 Å². The molecule has 1 aromatic rings. The van der Waals surface area contributed by atoms with E-state index >= 15 is 0 Å². The Morgan fingerprint density at radius 1 is 1.21 bits per heavy atom. The summed E-state index contributed by atoms with van der Waals surface area (Å²) in [6.45, 7) is 13.5. The Hall–Kier alpha value is -1.06. The van der Waals surface area contributed by atoms with Crippen molar-refractivity contribution in [3.05, 3.63) is 29.8 Å². The summed E-state index contributed by atoms with van der Waals surface area (Å²) < 4.78 is 5.84. The van der Waals surface area contributed by atoms with Crippen LogP contribution < -0.4 is 10.1 Å². The van der Waals surface area contributed by atoms with Crippen LogP contribution in [-0.4, -0.2) is 37.7 Å². The molecule has 0 fully saturated rings. The van der Waals surface area contributed by atoms with E-state index in [9.17, 15) is 0 Å². The second kappa shape index (κ2) is 8.94. The molecule has 1 aromatic carbocycles. The Kier molecular flexibility index (Phi) is 7.53. The number of ether oxygens (including phenoxy) is 1. The van der Waals surface area contributed by atoms with E-state index in [1.54, 1.807) is 0 Å². The summed E-state index contributed by atoms with van der Waals surface area (Å²) in [4.78, 5) is 2.37. The second-order valence-electron chi connectivity index (χ2n) is 4.73. The minimum Gasteiger partial charge on any atom is -0.492 e. The Balaban J connectivity index is 2.48. The molecular weight excluding hydrogens is 236 g/mol. The lowest BCUT2D eigenvalue weighted by molar-refractivity contribution is 0.222. The van der Waals surface area contributed by atoms with Crippen LogP contribution in [0.5, 0.6) is 5.75 Å². The predicted octanol–water partition coefficient (Wildman–Crippen LogP) is 3.08. The Bertz CT molecular complexity index is 350. The van der Waals surface area contributed by atoms with Gasteiger partial charge in [0.15, 0.2) is 0 Å². The van der Waals surface area contributed by atoms with Gasteiger partial charge in [0, 0.05) is 12.6 Å². The van der Waals surface area contributed by atoms with E-state index in [1.165, 1.54) is 5.56 Å². The van der Waals surface area contributed by atoms with Crippen molar-refractivity contribution < 1.29 is 4.74 Å². The molecule has 108 valence electrons. The van der Waals surface area contributed by atoms with Gasteiger partial charge < -0.3 is 15.0 Å². The Labute approximate surface area is 118 Å². The summed E-state index contributed by atoms with van der Waals surface area (Å²) in [7, 11) is 0. The molecule has 0 heterocycles. The zero-order valence-corrected chi connectivity index (χ0v) is 12.8. The van der Waals surface area contributed by atoms with Crippen LogP contribution in [0, 0.1) is 0 Å². The molecule has 0 aromatic heterocycles. The van der Waals surface area contributed by atoms with Crippen molar-refractivity contribution in [1.29, 1.82) is 0 Å². The minimum absolute atomic E-state index is 0.372. The lowest BCUT2D eigenvalue weighted by Crippen LogP contribution is -2.27. The fourth-order valence-corrected chi connectivity index (χ4v) is 2.13. The van der Waals surface area contributed by atoms with Crippen molar-refractivity contribution >= 4 is 0 Å². The van der Waals surface area contributed by atoms with Gasteiger partial charge in [0.25, 0.3) is 0 Å². The fourth-order valence-electron chi connectivity index (χ4n) is 2.13. The molecule has 3 nitrogen and oxygen atoms in total. The molecule has 19 heavy (non-hydrogen) atoms. The van der Waals surface area contributed by atoms with Crippen LogP contribution >= 0.6 is 0 Å². The third kappa shape index (κ3) is 5.62. The van der Waals surface area contributed by atoms with Crippen LogP contribution in [0.4, 0.5) is 0 Å². The SMILES string of the molecule is CCNC(C)c1cccc(OCCN(CC)CC)c1. The van der Waals surface area contributed by atoms with E-state index in [4.69, 9.17) is 4.74 Å². The highest BCUT2D eigenvalue weighted by atomic mass is 16.5. The summed E-state index contributed by atoms with van der Waals surface area (Å²) in [6.07, 6.45) is 0. The zero-order valence-electron chi connectivity index (χ0n) is 12.8. The molecule has 0 saturated heterocycles. The predicted molar refractivity (Wildman–Crippen MR) is 81.8 cm³/mol. The number of nitrogens with zero attached hydrogens (tertiary/aromatic N) is 1. The number of likely N-dealkylation sites (N-methyl/N-ethyl adjacent to an activating group) is 1. The van der Waals surface area contributed by atoms with Crippen molar-refractivity contribution in [3.8, 4) is 5.75 Å². The summed E-state index contributed by atoms with van der Waals surface area (Å²) in [5.74, 6) is 0.967. The van der Waals surface area contributed by atoms with E-state index < -0.39 is 0 Å². The lowest BCUT2D eigenvalue weighted by atomic mass is 10.1. The fraction of sp³-hybridized carbons (Fsp3) is 0.625. The third-order valence-corrected chi connectivity index (χ3v) is 3.44. The first kappa shape index (κ1) is 16.0. The summed E-state index contributed by atoms with van der Waals surface area (Å²) in [6, 6.07) is 8.75. The van der Waals surface area contributed by atoms with Gasteiger partial charge in [0.05, 0.1) is 0 Å². The first-order chi connectivity index (χ1) is 9.21. The number of hydrogen-bond acceptors (Lipinski definition) is 3. The molecular formula is C16H28N2O. The van der Waals surface area contributed by atoms with E-state index in [1.807, 2.05) is 6.07 Å². The van der Waals surface area contributed by atoms with Crippen molar-refractivity contribution in [3.63, 3.8) is 0 Å². The Morgan fingerprint density at radius 2 is 1.95 bits per heavy atom. The molecule has 1 N–H and O–H groups in total. The molecule has 0 amide bonds. The van der Waals surface area contributed by atoms with Gasteiger partial charge in [-0.25, -0.2) is 0 Å². The highest BCUT2D eigenvalue weighted by Gasteiger charge is 2.05. The number of rotatable bonds is 9. The summed E-state index contributed by atoms with van der Waals surface area (Å²) in [5.41, 5.74) is 1.28. The maximum Gasteiger partial charge on any atom is 0.119 e. The maximum absolute atomic E-state index is 5.84. The molecule has 0 spiro atoms. The standard InChI is InChI=1S/C16H28N2O/c1-5-17-14(4)15-9-8-10-16(13-15)19-12-11-18(6-2)7-3/h8-10,13-14,17H,5-7,11-12H2,1-4H3. The van der Waals surface area contributed by atoms with Gasteiger partial charge in [-0.1, -0.05) is 32.9 Å². The van der Waals surface area contributed by atoms with Crippen molar-refractivity contribution in [2.45, 2.75) is 33.7 Å². The van der Waals surface area contributed by atoms with Crippen molar-refractivity contribution in [1.82, 2.24) is 10.2 Å². The molecule has 1 rings (SSSR count). The van der Waals surface area contributed by atoms with Gasteiger partial charge in [-0.05, 0) is 44.3 Å². The molecule has 0 saturated carbocycles. The monoisotopic (exact) mass is 264 g/mol. The van der Waals surface area contributed by atoms with Crippen LogP contribution in [0.2, 0.25) is 0 Å². The first-order valence-corrected chi connectivity index (χ1v) is 7.39. The van der Waals surface area contributed by atoms with Crippen LogP contribution in [0.3, 0.4) is 0 Å². The van der Waals surface area contributed by atoms with E-state index in [2.05, 4.69) is 56.1 Å². The van der Waals surface area contributed by atoms with Gasteiger partial charge in [-0.15, -0.1) is 0 Å². The van der Waals surface area contributed by atoms with Gasteiger partial charge in [-0.2, -0.15) is 0 Å². The summed E-state index contributed by atoms with van der Waals surface area (Å²) >= 11 is 0. The minimum atomic E-state index is 0.372. The molecule has 3 heteroatoms. The Morgan fingerprint density at radius 3 is 2.58 bits per heavy atom. The molecule has 0 bridgehead atoms. The van der Waals surface area contributed by atoms with Crippen LogP contribution in [0.25, 0.3) is 0 Å². The van der Waals surface area contributed by atoms with Crippen LogP contribution in [-0.2, 0) is 0 Å². The van der Waals surface area contributed by atoms with Crippen molar-refractivity contribution in [2.75, 3.05) is 32.8 Å². The molecule has 1 atom stereocenters.